The van der Waals surface area contributed by atoms with Crippen molar-refractivity contribution < 1.29 is 9.18 Å². The zero-order chi connectivity index (χ0) is 18.5. The SMILES string of the molecule is Cc1cccc(-c2cc(Cl)c(F)c(C(=O)NNSCC3CCNC3)c2)c1. The van der Waals surface area contributed by atoms with E-state index in [0.29, 0.717) is 11.5 Å². The predicted molar refractivity (Wildman–Crippen MR) is 106 cm³/mol. The molecule has 0 radical (unpaired) electrons. The highest BCUT2D eigenvalue weighted by Gasteiger charge is 2.18. The first-order valence-electron chi connectivity index (χ1n) is 8.48. The maximum absolute atomic E-state index is 14.3. The summed E-state index contributed by atoms with van der Waals surface area (Å²) in [4.78, 5) is 15.2. The van der Waals surface area contributed by atoms with Gasteiger partial charge >= 0.3 is 0 Å². The van der Waals surface area contributed by atoms with Gasteiger partial charge in [-0.3, -0.25) is 10.2 Å². The minimum absolute atomic E-state index is 0.0705. The van der Waals surface area contributed by atoms with Gasteiger partial charge in [0.25, 0.3) is 5.91 Å². The lowest BCUT2D eigenvalue weighted by atomic mass is 10.0. The van der Waals surface area contributed by atoms with Gasteiger partial charge in [-0.15, -0.1) is 0 Å². The maximum Gasteiger partial charge on any atom is 0.269 e. The van der Waals surface area contributed by atoms with Gasteiger partial charge in [0.1, 0.15) is 0 Å². The Morgan fingerprint density at radius 3 is 2.92 bits per heavy atom. The maximum atomic E-state index is 14.3. The molecule has 2 aromatic rings. The topological polar surface area (TPSA) is 53.2 Å². The smallest absolute Gasteiger partial charge is 0.269 e. The molecule has 1 heterocycles. The third-order valence-electron chi connectivity index (χ3n) is 4.34. The summed E-state index contributed by atoms with van der Waals surface area (Å²) in [6.07, 6.45) is 1.13. The lowest BCUT2D eigenvalue weighted by molar-refractivity contribution is 0.0943. The zero-order valence-electron chi connectivity index (χ0n) is 14.4. The second-order valence-electron chi connectivity index (χ2n) is 6.42. The molecule has 0 aromatic heterocycles. The Balaban J connectivity index is 1.68. The predicted octanol–water partition coefficient (Wildman–Crippen LogP) is 3.95. The molecule has 0 saturated carbocycles. The molecule has 1 unspecified atom stereocenters. The summed E-state index contributed by atoms with van der Waals surface area (Å²) in [7, 11) is 0. The van der Waals surface area contributed by atoms with Crippen LogP contribution in [-0.2, 0) is 0 Å². The summed E-state index contributed by atoms with van der Waals surface area (Å²) in [5.74, 6) is 0.198. The highest BCUT2D eigenvalue weighted by Crippen LogP contribution is 2.28. The molecule has 0 bridgehead atoms. The Hall–Kier alpha value is -1.60. The van der Waals surface area contributed by atoms with E-state index in [4.69, 9.17) is 11.6 Å². The van der Waals surface area contributed by atoms with Crippen LogP contribution in [0.4, 0.5) is 4.39 Å². The fraction of sp³-hybridized carbons (Fsp3) is 0.316. The fourth-order valence-electron chi connectivity index (χ4n) is 2.91. The van der Waals surface area contributed by atoms with Crippen LogP contribution in [0.3, 0.4) is 0 Å². The number of aryl methyl sites for hydroxylation is 1. The van der Waals surface area contributed by atoms with Gasteiger partial charge in [-0.05, 0) is 55.6 Å². The summed E-state index contributed by atoms with van der Waals surface area (Å²) in [5.41, 5.74) is 5.12. The molecule has 3 N–H and O–H groups in total. The van der Waals surface area contributed by atoms with Gasteiger partial charge in [-0.2, -0.15) is 4.83 Å². The molecule has 4 nitrogen and oxygen atoms in total. The molecular weight excluding hydrogens is 373 g/mol. The van der Waals surface area contributed by atoms with Crippen molar-refractivity contribution in [3.05, 3.63) is 58.4 Å². The number of amides is 1. The van der Waals surface area contributed by atoms with Crippen molar-refractivity contribution in [1.82, 2.24) is 15.6 Å². The van der Waals surface area contributed by atoms with Crippen molar-refractivity contribution in [1.29, 1.82) is 0 Å². The molecule has 2 aromatic carbocycles. The van der Waals surface area contributed by atoms with E-state index in [1.165, 1.54) is 24.1 Å². The van der Waals surface area contributed by atoms with E-state index in [0.717, 1.165) is 36.4 Å². The Labute approximate surface area is 162 Å². The molecule has 0 aliphatic carbocycles. The molecule has 7 heteroatoms. The summed E-state index contributed by atoms with van der Waals surface area (Å²) < 4.78 is 14.3. The summed E-state index contributed by atoms with van der Waals surface area (Å²) in [6, 6.07) is 10.8. The molecule has 0 spiro atoms. The molecule has 1 saturated heterocycles. The van der Waals surface area contributed by atoms with Crippen molar-refractivity contribution in [2.75, 3.05) is 18.8 Å². The molecule has 1 fully saturated rings. The molecule has 26 heavy (non-hydrogen) atoms. The van der Waals surface area contributed by atoms with E-state index < -0.39 is 11.7 Å². The van der Waals surface area contributed by atoms with Gasteiger partial charge in [0, 0.05) is 5.75 Å². The van der Waals surface area contributed by atoms with E-state index in [1.54, 1.807) is 0 Å². The first-order valence-corrected chi connectivity index (χ1v) is 9.85. The minimum atomic E-state index is -0.715. The highest BCUT2D eigenvalue weighted by molar-refractivity contribution is 7.97. The zero-order valence-corrected chi connectivity index (χ0v) is 16.0. The lowest BCUT2D eigenvalue weighted by Crippen LogP contribution is -2.34. The Bertz CT molecular complexity index is 796. The van der Waals surface area contributed by atoms with Gasteiger partial charge in [-0.25, -0.2) is 4.39 Å². The van der Waals surface area contributed by atoms with Gasteiger partial charge in [0.2, 0.25) is 0 Å². The normalized spacial score (nSPS) is 16.7. The molecule has 1 amide bonds. The Morgan fingerprint density at radius 2 is 2.19 bits per heavy atom. The van der Waals surface area contributed by atoms with Crippen LogP contribution >= 0.6 is 23.5 Å². The monoisotopic (exact) mass is 393 g/mol. The number of carbonyl (C=O) groups excluding carboxylic acids is 1. The van der Waals surface area contributed by atoms with Gasteiger partial charge in [0.15, 0.2) is 5.82 Å². The van der Waals surface area contributed by atoms with Gasteiger partial charge < -0.3 is 5.32 Å². The average molecular weight is 394 g/mol. The van der Waals surface area contributed by atoms with Crippen molar-refractivity contribution in [3.8, 4) is 11.1 Å². The number of rotatable bonds is 6. The molecule has 138 valence electrons. The largest absolute Gasteiger partial charge is 0.316 e. The third kappa shape index (κ3) is 4.76. The van der Waals surface area contributed by atoms with Crippen molar-refractivity contribution in [2.45, 2.75) is 13.3 Å². The quantitative estimate of drug-likeness (QED) is 0.395. The fourth-order valence-corrected chi connectivity index (χ4v) is 3.90. The van der Waals surface area contributed by atoms with E-state index in [-0.39, 0.29) is 10.6 Å². The van der Waals surface area contributed by atoms with Crippen LogP contribution in [0.15, 0.2) is 36.4 Å². The second-order valence-corrected chi connectivity index (χ2v) is 7.65. The van der Waals surface area contributed by atoms with E-state index >= 15 is 0 Å². The molecule has 1 aliphatic heterocycles. The molecule has 1 atom stereocenters. The average Bonchev–Trinajstić information content (AvgIpc) is 3.14. The van der Waals surface area contributed by atoms with Crippen LogP contribution in [0.2, 0.25) is 5.02 Å². The van der Waals surface area contributed by atoms with Crippen LogP contribution in [0.25, 0.3) is 11.1 Å². The van der Waals surface area contributed by atoms with Crippen molar-refractivity contribution in [2.24, 2.45) is 5.92 Å². The number of nitrogens with one attached hydrogen (secondary N) is 3. The van der Waals surface area contributed by atoms with E-state index in [9.17, 15) is 9.18 Å². The van der Waals surface area contributed by atoms with Crippen molar-refractivity contribution in [3.63, 3.8) is 0 Å². The summed E-state index contributed by atoms with van der Waals surface area (Å²) in [6.45, 7) is 4.00. The third-order valence-corrected chi connectivity index (χ3v) is 5.50. The number of benzene rings is 2. The van der Waals surface area contributed by atoms with Crippen LogP contribution in [0.1, 0.15) is 22.3 Å². The van der Waals surface area contributed by atoms with Gasteiger partial charge in [-0.1, -0.05) is 53.4 Å². The van der Waals surface area contributed by atoms with Crippen LogP contribution in [0, 0.1) is 18.7 Å². The Morgan fingerprint density at radius 1 is 1.35 bits per heavy atom. The highest BCUT2D eigenvalue weighted by atomic mass is 35.5. The first kappa shape index (κ1) is 19.2. The van der Waals surface area contributed by atoms with Crippen molar-refractivity contribution >= 4 is 29.5 Å². The number of hydrazine groups is 1. The summed E-state index contributed by atoms with van der Waals surface area (Å²) >= 11 is 7.42. The first-order chi connectivity index (χ1) is 12.5. The number of halogens is 2. The van der Waals surface area contributed by atoms with Gasteiger partial charge in [0.05, 0.1) is 10.6 Å². The summed E-state index contributed by atoms with van der Waals surface area (Å²) in [5, 5.41) is 3.22. The number of hydrogen-bond acceptors (Lipinski definition) is 4. The van der Waals surface area contributed by atoms with Crippen LogP contribution < -0.4 is 15.6 Å². The number of carbonyl (C=O) groups is 1. The number of hydrogen-bond donors (Lipinski definition) is 3. The Kier molecular flexibility index (Phi) is 6.53. The van der Waals surface area contributed by atoms with E-state index in [1.807, 2.05) is 31.2 Å². The second kappa shape index (κ2) is 8.86. The minimum Gasteiger partial charge on any atom is -0.316 e. The van der Waals surface area contributed by atoms with Crippen LogP contribution in [0.5, 0.6) is 0 Å². The van der Waals surface area contributed by atoms with E-state index in [2.05, 4.69) is 15.6 Å². The standard InChI is InChI=1S/C19H21ClFN3OS/c1-12-3-2-4-14(7-12)15-8-16(18(21)17(20)9-15)19(25)23-24-26-11-13-5-6-22-10-13/h2-4,7-9,13,22,24H,5-6,10-11H2,1H3,(H,23,25). The molecule has 1 aliphatic rings. The molecule has 3 rings (SSSR count). The van der Waals surface area contributed by atoms with Crippen LogP contribution in [-0.4, -0.2) is 24.7 Å². The lowest BCUT2D eigenvalue weighted by Gasteiger charge is -2.12. The molecular formula is C19H21ClFN3OS.